The standard InChI is InChI=1S/C33H55N7O16/c1-6-15(4)25(33(55)56)39-29(51)19(9-12-23(47)48)35-28(50)18(8-11-22(45)46)36-32(54)26(16(5)42)40-31(53)24(14(2)3)38-30(52)20(13-41)37-27(49)17(34)7-10-21(43)44/h14-20,24-26,41-42H,6-13,34H2,1-5H3,(H,35,50)(H,36,54)(H,37,49)(H,38,52)(H,39,51)(H,40,53)(H,43,44)(H,45,46)(H,47,48)(H,55,56)/t15-,16+,17-,18-,19-,20-,24-,25-,26-/m0/s1. The molecule has 23 nitrogen and oxygen atoms in total. The maximum absolute atomic E-state index is 13.4. The summed E-state index contributed by atoms with van der Waals surface area (Å²) in [6, 6.07) is -11.2. The van der Waals surface area contributed by atoms with Gasteiger partial charge in [0, 0.05) is 19.3 Å². The van der Waals surface area contributed by atoms with Gasteiger partial charge in [0.15, 0.2) is 0 Å². The Kier molecular flexibility index (Phi) is 22.5. The molecule has 0 aliphatic heterocycles. The van der Waals surface area contributed by atoms with Crippen LogP contribution < -0.4 is 37.6 Å². The Morgan fingerprint density at radius 1 is 0.518 bits per heavy atom. The fraction of sp³-hybridized carbons (Fsp3) is 0.697. The number of nitrogens with one attached hydrogen (secondary N) is 6. The summed E-state index contributed by atoms with van der Waals surface area (Å²) in [4.78, 5) is 124. The van der Waals surface area contributed by atoms with Crippen LogP contribution in [0.1, 0.15) is 79.6 Å². The quantitative estimate of drug-likeness (QED) is 0.0376. The summed E-state index contributed by atoms with van der Waals surface area (Å²) in [5, 5.41) is 70.3. The number of nitrogens with two attached hydrogens (primary N) is 1. The van der Waals surface area contributed by atoms with Crippen molar-refractivity contribution in [3.63, 3.8) is 0 Å². The van der Waals surface area contributed by atoms with Crippen LogP contribution in [0.15, 0.2) is 0 Å². The van der Waals surface area contributed by atoms with Gasteiger partial charge >= 0.3 is 23.9 Å². The molecule has 0 aromatic heterocycles. The third kappa shape index (κ3) is 18.3. The molecule has 23 heteroatoms. The van der Waals surface area contributed by atoms with Crippen LogP contribution in [-0.2, 0) is 47.9 Å². The number of carboxylic acids is 4. The zero-order valence-electron chi connectivity index (χ0n) is 31.8. The minimum Gasteiger partial charge on any atom is -0.481 e. The van der Waals surface area contributed by atoms with E-state index >= 15 is 0 Å². The van der Waals surface area contributed by atoms with Crippen LogP contribution in [0.4, 0.5) is 0 Å². The van der Waals surface area contributed by atoms with Gasteiger partial charge in [0.25, 0.3) is 0 Å². The molecule has 0 aromatic rings. The number of amides is 6. The maximum atomic E-state index is 13.4. The first kappa shape index (κ1) is 50.6. The van der Waals surface area contributed by atoms with Crippen molar-refractivity contribution in [2.75, 3.05) is 6.61 Å². The van der Waals surface area contributed by atoms with Gasteiger partial charge in [0.05, 0.1) is 18.8 Å². The van der Waals surface area contributed by atoms with E-state index in [-0.39, 0.29) is 6.42 Å². The molecule has 0 spiro atoms. The van der Waals surface area contributed by atoms with Gasteiger partial charge in [0.1, 0.15) is 36.3 Å². The Bertz CT molecular complexity index is 1420. The molecule has 0 rings (SSSR count). The molecule has 0 saturated carbocycles. The molecule has 318 valence electrons. The van der Waals surface area contributed by atoms with Gasteiger partial charge in [-0.15, -0.1) is 0 Å². The number of rotatable bonds is 27. The zero-order chi connectivity index (χ0) is 43.4. The predicted molar refractivity (Wildman–Crippen MR) is 191 cm³/mol. The van der Waals surface area contributed by atoms with Crippen LogP contribution in [0.2, 0.25) is 0 Å². The van der Waals surface area contributed by atoms with Gasteiger partial charge in [-0.05, 0) is 38.0 Å². The summed E-state index contributed by atoms with van der Waals surface area (Å²) < 4.78 is 0. The van der Waals surface area contributed by atoms with Crippen LogP contribution >= 0.6 is 0 Å². The van der Waals surface area contributed by atoms with Crippen molar-refractivity contribution in [2.45, 2.75) is 128 Å². The Morgan fingerprint density at radius 3 is 1.30 bits per heavy atom. The Hall–Kier alpha value is -5.42. The van der Waals surface area contributed by atoms with Crippen LogP contribution in [0.25, 0.3) is 0 Å². The minimum atomic E-state index is -1.86. The first-order valence-electron chi connectivity index (χ1n) is 17.7. The summed E-state index contributed by atoms with van der Waals surface area (Å²) in [7, 11) is 0. The normalized spacial score (nSPS) is 15.9. The summed E-state index contributed by atoms with van der Waals surface area (Å²) in [6.07, 6.45) is -4.64. The van der Waals surface area contributed by atoms with Gasteiger partial charge in [-0.2, -0.15) is 0 Å². The second kappa shape index (κ2) is 24.9. The predicted octanol–water partition coefficient (Wildman–Crippen LogP) is -4.02. The highest BCUT2D eigenvalue weighted by Gasteiger charge is 2.36. The lowest BCUT2D eigenvalue weighted by Gasteiger charge is -2.29. The van der Waals surface area contributed by atoms with Crippen molar-refractivity contribution in [3.05, 3.63) is 0 Å². The van der Waals surface area contributed by atoms with E-state index in [2.05, 4.69) is 31.9 Å². The molecular formula is C33H55N7O16. The second-order valence-corrected chi connectivity index (χ2v) is 13.4. The highest BCUT2D eigenvalue weighted by Crippen LogP contribution is 2.11. The topological polar surface area (TPSA) is 390 Å². The molecule has 0 aliphatic rings. The SMILES string of the molecule is CC[C@H](C)[C@H](NC(=O)[C@H](CCC(=O)O)NC(=O)[C@H](CCC(=O)O)NC(=O)[C@@H](NC(=O)[C@@H](NC(=O)[C@H](CO)NC(=O)[C@@H](N)CCC(=O)O)C(C)C)[C@@H](C)O)C(=O)O. The number of carbonyl (C=O) groups excluding carboxylic acids is 6. The van der Waals surface area contributed by atoms with Gasteiger partial charge in [-0.1, -0.05) is 34.1 Å². The number of aliphatic hydroxyl groups excluding tert-OH is 2. The average molecular weight is 806 g/mol. The smallest absolute Gasteiger partial charge is 0.326 e. The number of hydrogen-bond donors (Lipinski definition) is 13. The molecule has 0 heterocycles. The highest BCUT2D eigenvalue weighted by molar-refractivity contribution is 5.97. The van der Waals surface area contributed by atoms with E-state index in [9.17, 15) is 73.5 Å². The summed E-state index contributed by atoms with van der Waals surface area (Å²) in [6.45, 7) is 6.25. The van der Waals surface area contributed by atoms with Crippen molar-refractivity contribution < 1.29 is 78.6 Å². The summed E-state index contributed by atoms with van der Waals surface area (Å²) >= 11 is 0. The number of carboxylic acid groups (broad SMARTS) is 4. The third-order valence-electron chi connectivity index (χ3n) is 8.47. The van der Waals surface area contributed by atoms with E-state index in [0.717, 1.165) is 6.92 Å². The van der Waals surface area contributed by atoms with E-state index in [0.29, 0.717) is 6.42 Å². The van der Waals surface area contributed by atoms with Crippen molar-refractivity contribution in [1.29, 1.82) is 0 Å². The number of aliphatic hydroxyl groups is 2. The Labute approximate surface area is 321 Å². The molecule has 6 amide bonds. The van der Waals surface area contributed by atoms with Crippen molar-refractivity contribution >= 4 is 59.3 Å². The fourth-order valence-electron chi connectivity index (χ4n) is 4.86. The molecule has 9 atom stereocenters. The van der Waals surface area contributed by atoms with Gasteiger partial charge in [-0.3, -0.25) is 43.2 Å². The molecular weight excluding hydrogens is 750 g/mol. The monoisotopic (exact) mass is 805 g/mol. The molecule has 14 N–H and O–H groups in total. The lowest BCUT2D eigenvalue weighted by Crippen LogP contribution is -2.62. The van der Waals surface area contributed by atoms with Crippen LogP contribution in [0, 0.1) is 11.8 Å². The number of hydrogen-bond acceptors (Lipinski definition) is 13. The zero-order valence-corrected chi connectivity index (χ0v) is 31.8. The van der Waals surface area contributed by atoms with Crippen LogP contribution in [0.5, 0.6) is 0 Å². The van der Waals surface area contributed by atoms with E-state index in [1.54, 1.807) is 6.92 Å². The molecule has 0 aromatic carbocycles. The van der Waals surface area contributed by atoms with E-state index in [1.165, 1.54) is 20.8 Å². The molecule has 0 aliphatic carbocycles. The van der Waals surface area contributed by atoms with Gasteiger partial charge in [-0.25, -0.2) is 4.79 Å². The molecule has 0 saturated heterocycles. The van der Waals surface area contributed by atoms with Crippen molar-refractivity contribution in [3.8, 4) is 0 Å². The van der Waals surface area contributed by atoms with E-state index in [1.807, 2.05) is 0 Å². The fourth-order valence-corrected chi connectivity index (χ4v) is 4.86. The van der Waals surface area contributed by atoms with Crippen LogP contribution in [0.3, 0.4) is 0 Å². The van der Waals surface area contributed by atoms with Crippen LogP contribution in [-0.4, -0.2) is 145 Å². The van der Waals surface area contributed by atoms with Gasteiger partial charge < -0.3 is 68.3 Å². The average Bonchev–Trinajstić information content (AvgIpc) is 3.11. The minimum absolute atomic E-state index is 0.286. The van der Waals surface area contributed by atoms with Gasteiger partial charge in [0.2, 0.25) is 35.4 Å². The first-order chi connectivity index (χ1) is 26.0. The van der Waals surface area contributed by atoms with Crippen molar-refractivity contribution in [2.24, 2.45) is 17.6 Å². The molecule has 0 fully saturated rings. The Morgan fingerprint density at radius 2 is 0.893 bits per heavy atom. The lowest BCUT2D eigenvalue weighted by atomic mass is 9.98. The molecule has 0 radical (unpaired) electrons. The largest absolute Gasteiger partial charge is 0.481 e. The van der Waals surface area contributed by atoms with E-state index < -0.39 is 158 Å². The van der Waals surface area contributed by atoms with E-state index in [4.69, 9.17) is 10.8 Å². The first-order valence-corrected chi connectivity index (χ1v) is 17.7. The number of aliphatic carboxylic acids is 4. The molecule has 56 heavy (non-hydrogen) atoms. The van der Waals surface area contributed by atoms with Crippen molar-refractivity contribution in [1.82, 2.24) is 31.9 Å². The summed E-state index contributed by atoms with van der Waals surface area (Å²) in [5.41, 5.74) is 5.64. The lowest BCUT2D eigenvalue weighted by molar-refractivity contribution is -0.144. The number of carbonyl (C=O) groups is 10. The second-order valence-electron chi connectivity index (χ2n) is 13.4. The maximum Gasteiger partial charge on any atom is 0.326 e. The summed E-state index contributed by atoms with van der Waals surface area (Å²) in [5.74, 6) is -13.3. The highest BCUT2D eigenvalue weighted by atomic mass is 16.4. The molecule has 0 bridgehead atoms. The molecule has 0 unspecified atom stereocenters. The Balaban J connectivity index is 6.19. The third-order valence-corrected chi connectivity index (χ3v) is 8.47.